The summed E-state index contributed by atoms with van der Waals surface area (Å²) in [6.07, 6.45) is 0. The quantitative estimate of drug-likeness (QED) is 0.647. The van der Waals surface area contributed by atoms with Gasteiger partial charge in [0, 0.05) is 0 Å². The van der Waals surface area contributed by atoms with Crippen molar-refractivity contribution in [2.24, 2.45) is 0 Å². The molecule has 0 bridgehead atoms. The lowest BCUT2D eigenvalue weighted by Crippen LogP contribution is -2.30. The van der Waals surface area contributed by atoms with Crippen LogP contribution in [0.15, 0.2) is 18.2 Å². The highest BCUT2D eigenvalue weighted by molar-refractivity contribution is 6.27. The molecule has 16 heavy (non-hydrogen) atoms. The number of carbonyl (C=O) groups is 2. The first-order valence-corrected chi connectivity index (χ1v) is 4.89. The zero-order valence-corrected chi connectivity index (χ0v) is 8.85. The summed E-state index contributed by atoms with van der Waals surface area (Å²) in [5.74, 6) is -3.87. The molecule has 0 saturated carbocycles. The second kappa shape index (κ2) is 5.55. The molecule has 1 N–H and O–H groups in total. The number of amides is 1. The predicted molar refractivity (Wildman–Crippen MR) is 54.4 cm³/mol. The maximum Gasteiger partial charge on any atom is 0.235 e. The molecule has 0 unspecified atom stereocenters. The van der Waals surface area contributed by atoms with Gasteiger partial charge >= 0.3 is 0 Å². The Kier molecular flexibility index (Phi) is 4.37. The van der Waals surface area contributed by atoms with E-state index in [0.717, 1.165) is 12.1 Å². The molecule has 0 aliphatic heterocycles. The number of Topliss-reactive ketones (excluding diaryl/α,β-unsaturated/α-hetero) is 1. The van der Waals surface area contributed by atoms with Gasteiger partial charge in [-0.2, -0.15) is 0 Å². The Morgan fingerprint density at radius 2 is 2.00 bits per heavy atom. The van der Waals surface area contributed by atoms with Crippen LogP contribution < -0.4 is 5.32 Å². The normalized spacial score (nSPS) is 9.94. The fourth-order valence-corrected chi connectivity index (χ4v) is 1.13. The topological polar surface area (TPSA) is 46.2 Å². The average Bonchev–Trinajstić information content (AvgIpc) is 2.29. The molecule has 0 atom stereocenters. The number of ketones is 1. The van der Waals surface area contributed by atoms with Crippen LogP contribution in [-0.2, 0) is 4.79 Å². The number of carbonyl (C=O) groups excluding carboxylic acids is 2. The summed E-state index contributed by atoms with van der Waals surface area (Å²) in [6, 6.07) is 3.27. The summed E-state index contributed by atoms with van der Waals surface area (Å²) < 4.78 is 25.9. The van der Waals surface area contributed by atoms with E-state index in [4.69, 9.17) is 11.6 Å². The second-order valence-corrected chi connectivity index (χ2v) is 3.20. The van der Waals surface area contributed by atoms with Gasteiger partial charge in [-0.25, -0.2) is 8.78 Å². The van der Waals surface area contributed by atoms with Gasteiger partial charge in [-0.05, 0) is 12.1 Å². The Bertz CT molecular complexity index is 423. The minimum atomic E-state index is -1.22. The zero-order valence-electron chi connectivity index (χ0n) is 8.10. The smallest absolute Gasteiger partial charge is 0.235 e. The number of benzene rings is 1. The Morgan fingerprint density at radius 1 is 1.31 bits per heavy atom. The van der Waals surface area contributed by atoms with Crippen LogP contribution in [0.25, 0.3) is 0 Å². The van der Waals surface area contributed by atoms with E-state index in [2.05, 4.69) is 5.32 Å². The fourth-order valence-electron chi connectivity index (χ4n) is 1.04. The van der Waals surface area contributed by atoms with Gasteiger partial charge in [0.25, 0.3) is 0 Å². The molecular weight excluding hydrogens is 240 g/mol. The zero-order chi connectivity index (χ0) is 12.1. The highest BCUT2D eigenvalue weighted by atomic mass is 35.5. The van der Waals surface area contributed by atoms with Crippen molar-refractivity contribution in [3.63, 3.8) is 0 Å². The van der Waals surface area contributed by atoms with Crippen molar-refractivity contribution < 1.29 is 18.4 Å². The van der Waals surface area contributed by atoms with Gasteiger partial charge in [-0.15, -0.1) is 11.6 Å². The third-order valence-electron chi connectivity index (χ3n) is 1.82. The molecule has 6 heteroatoms. The molecule has 0 aromatic heterocycles. The molecule has 0 fully saturated rings. The van der Waals surface area contributed by atoms with Gasteiger partial charge in [-0.1, -0.05) is 6.07 Å². The van der Waals surface area contributed by atoms with E-state index in [-0.39, 0.29) is 5.88 Å². The predicted octanol–water partition coefficient (Wildman–Crippen LogP) is 1.50. The van der Waals surface area contributed by atoms with Gasteiger partial charge in [0.05, 0.1) is 12.1 Å². The number of hydrogen-bond acceptors (Lipinski definition) is 2. The van der Waals surface area contributed by atoms with Crippen molar-refractivity contribution in [2.75, 3.05) is 12.4 Å². The molecule has 0 aliphatic carbocycles. The lowest BCUT2D eigenvalue weighted by molar-refractivity contribution is -0.118. The SMILES string of the molecule is O=C(CCl)NCC(=O)c1cccc(F)c1F. The summed E-state index contributed by atoms with van der Waals surface area (Å²) in [7, 11) is 0. The van der Waals surface area contributed by atoms with Crippen molar-refractivity contribution >= 4 is 23.3 Å². The maximum absolute atomic E-state index is 13.1. The summed E-state index contributed by atoms with van der Waals surface area (Å²) >= 11 is 5.18. The molecule has 1 aromatic rings. The van der Waals surface area contributed by atoms with Crippen LogP contribution in [0.2, 0.25) is 0 Å². The van der Waals surface area contributed by atoms with Crippen molar-refractivity contribution in [2.45, 2.75) is 0 Å². The number of rotatable bonds is 4. The molecule has 0 radical (unpaired) electrons. The summed E-state index contributed by atoms with van der Waals surface area (Å²) in [5, 5.41) is 2.17. The fraction of sp³-hybridized carbons (Fsp3) is 0.200. The lowest BCUT2D eigenvalue weighted by atomic mass is 10.1. The van der Waals surface area contributed by atoms with E-state index < -0.39 is 35.4 Å². The molecule has 0 saturated heterocycles. The molecule has 0 heterocycles. The Morgan fingerprint density at radius 3 is 2.62 bits per heavy atom. The van der Waals surface area contributed by atoms with E-state index >= 15 is 0 Å². The van der Waals surface area contributed by atoms with Crippen LogP contribution in [0.4, 0.5) is 8.78 Å². The summed E-state index contributed by atoms with van der Waals surface area (Å²) in [5.41, 5.74) is -0.394. The first kappa shape index (κ1) is 12.6. The third kappa shape index (κ3) is 3.00. The first-order valence-electron chi connectivity index (χ1n) is 4.36. The average molecular weight is 248 g/mol. The van der Waals surface area contributed by atoms with Crippen molar-refractivity contribution in [3.05, 3.63) is 35.4 Å². The van der Waals surface area contributed by atoms with E-state index in [1.54, 1.807) is 0 Å². The van der Waals surface area contributed by atoms with Gasteiger partial charge in [-0.3, -0.25) is 9.59 Å². The minimum absolute atomic E-state index is 0.293. The van der Waals surface area contributed by atoms with Crippen molar-refractivity contribution in [1.29, 1.82) is 0 Å². The van der Waals surface area contributed by atoms with Crippen LogP contribution in [0.5, 0.6) is 0 Å². The van der Waals surface area contributed by atoms with E-state index in [1.165, 1.54) is 6.07 Å². The van der Waals surface area contributed by atoms with Crippen LogP contribution in [0, 0.1) is 11.6 Å². The molecule has 0 aliphatic rings. The van der Waals surface area contributed by atoms with E-state index in [1.807, 2.05) is 0 Å². The van der Waals surface area contributed by atoms with Crippen molar-refractivity contribution in [3.8, 4) is 0 Å². The first-order chi connectivity index (χ1) is 7.56. The number of nitrogens with one attached hydrogen (secondary N) is 1. The van der Waals surface area contributed by atoms with Gasteiger partial charge in [0.1, 0.15) is 5.88 Å². The molecule has 1 rings (SSSR count). The molecule has 1 aromatic carbocycles. The maximum atomic E-state index is 13.1. The Hall–Kier alpha value is -1.49. The number of alkyl halides is 1. The van der Waals surface area contributed by atoms with Gasteiger partial charge < -0.3 is 5.32 Å². The largest absolute Gasteiger partial charge is 0.348 e. The highest BCUT2D eigenvalue weighted by Gasteiger charge is 2.15. The summed E-state index contributed by atoms with van der Waals surface area (Å²) in [6.45, 7) is -0.411. The molecule has 0 spiro atoms. The van der Waals surface area contributed by atoms with E-state index in [0.29, 0.717) is 0 Å². The number of hydrogen-bond donors (Lipinski definition) is 1. The standard InChI is InChI=1S/C10H8ClF2NO2/c11-4-9(16)14-5-8(15)6-2-1-3-7(12)10(6)13/h1-3H,4-5H2,(H,14,16). The van der Waals surface area contributed by atoms with Crippen LogP contribution in [0.1, 0.15) is 10.4 Å². The molecule has 86 valence electrons. The van der Waals surface area contributed by atoms with Crippen LogP contribution >= 0.6 is 11.6 Å². The Balaban J connectivity index is 2.74. The highest BCUT2D eigenvalue weighted by Crippen LogP contribution is 2.11. The molecular formula is C10H8ClF2NO2. The van der Waals surface area contributed by atoms with E-state index in [9.17, 15) is 18.4 Å². The third-order valence-corrected chi connectivity index (χ3v) is 2.06. The lowest BCUT2D eigenvalue weighted by Gasteiger charge is -2.04. The van der Waals surface area contributed by atoms with Crippen LogP contribution in [0.3, 0.4) is 0 Å². The monoisotopic (exact) mass is 247 g/mol. The van der Waals surface area contributed by atoms with Crippen molar-refractivity contribution in [1.82, 2.24) is 5.32 Å². The molecule has 3 nitrogen and oxygen atoms in total. The van der Waals surface area contributed by atoms with Crippen LogP contribution in [-0.4, -0.2) is 24.1 Å². The molecule has 1 amide bonds. The second-order valence-electron chi connectivity index (χ2n) is 2.93. The number of halogens is 3. The minimum Gasteiger partial charge on any atom is -0.348 e. The summed E-state index contributed by atoms with van der Waals surface area (Å²) in [4.78, 5) is 22.1. The van der Waals surface area contributed by atoms with Gasteiger partial charge in [0.15, 0.2) is 17.4 Å². The Labute approximate surface area is 95.4 Å². The van der Waals surface area contributed by atoms with Gasteiger partial charge in [0.2, 0.25) is 5.91 Å².